The van der Waals surface area contributed by atoms with E-state index in [4.69, 9.17) is 0 Å². The van der Waals surface area contributed by atoms with E-state index in [1.54, 1.807) is 0 Å². The molecule has 0 heterocycles. The van der Waals surface area contributed by atoms with Gasteiger partial charge < -0.3 is 16.0 Å². The minimum Gasteiger partial charge on any atom is -0.323 e. The van der Waals surface area contributed by atoms with Crippen LogP contribution in [0.3, 0.4) is 0 Å². The van der Waals surface area contributed by atoms with Gasteiger partial charge in [0, 0.05) is 0 Å². The van der Waals surface area contributed by atoms with Crippen LogP contribution in [0, 0.1) is 0 Å². The van der Waals surface area contributed by atoms with Crippen molar-refractivity contribution in [2.24, 2.45) is 0 Å². The molecule has 0 aromatic carbocycles. The predicted molar refractivity (Wildman–Crippen MR) is 50.7 cm³/mol. The average molecular weight is 210 g/mol. The molecule has 4 heteroatoms. The molecule has 3 N–H and O–H groups in total. The summed E-state index contributed by atoms with van der Waals surface area (Å²) < 4.78 is 0. The zero-order chi connectivity index (χ0) is 8.12. The Kier molecular flexibility index (Phi) is 128. The summed E-state index contributed by atoms with van der Waals surface area (Å²) in [5.41, 5.74) is 0. The molecule has 0 unspecified atom stereocenters. The van der Waals surface area contributed by atoms with Crippen LogP contribution in [-0.4, -0.2) is 60.2 Å². The van der Waals surface area contributed by atoms with Crippen LogP contribution in [0.4, 0.5) is 0 Å². The minimum atomic E-state index is 0. The van der Waals surface area contributed by atoms with E-state index in [-0.39, 0.29) is 18.0 Å². The first-order valence-electron chi connectivity index (χ1n) is 3.00. The molecule has 2 radical (unpaired) electrons. The molecular weight excluding hydrogens is 189 g/mol. The zero-order valence-corrected chi connectivity index (χ0v) is 9.82. The molecule has 0 saturated carbocycles. The Hall–Kier alpha value is 0.438. The second kappa shape index (κ2) is 56.8. The molecular formula is C6H21AsN3+3. The van der Waals surface area contributed by atoms with Gasteiger partial charge in [0.25, 0.3) is 0 Å². The van der Waals surface area contributed by atoms with Crippen molar-refractivity contribution < 1.29 is 0 Å². The fourth-order valence-electron chi connectivity index (χ4n) is 0. The summed E-state index contributed by atoms with van der Waals surface area (Å²) in [5, 5.41) is 8.25. The third-order valence-electron chi connectivity index (χ3n) is 0. The topological polar surface area (TPSA) is 36.1 Å². The van der Waals surface area contributed by atoms with Crippen molar-refractivity contribution in [2.45, 2.75) is 0 Å². The Bertz CT molecular complexity index is 17.7. The van der Waals surface area contributed by atoms with Crippen molar-refractivity contribution in [1.29, 1.82) is 0 Å². The summed E-state index contributed by atoms with van der Waals surface area (Å²) in [5.74, 6) is 0. The molecule has 0 aliphatic rings. The minimum absolute atomic E-state index is 0. The van der Waals surface area contributed by atoms with Crippen LogP contribution in [0.25, 0.3) is 0 Å². The van der Waals surface area contributed by atoms with Gasteiger partial charge in [-0.3, -0.25) is 0 Å². The first-order valence-corrected chi connectivity index (χ1v) is 3.00. The summed E-state index contributed by atoms with van der Waals surface area (Å²) in [6.45, 7) is 0. The van der Waals surface area contributed by atoms with Crippen molar-refractivity contribution in [3.8, 4) is 0 Å². The normalized spacial score (nSPS) is 5.40. The maximum absolute atomic E-state index is 2.75. The molecule has 0 bridgehead atoms. The summed E-state index contributed by atoms with van der Waals surface area (Å²) >= 11 is 0. The first-order chi connectivity index (χ1) is 4.24. The first kappa shape index (κ1) is 22.4. The molecule has 0 aliphatic carbocycles. The standard InChI is InChI=1S/3C2H7N.As/c3*1-3-2;/h3*3H,1-2H3;/q;;;+3. The van der Waals surface area contributed by atoms with Crippen LogP contribution >= 0.6 is 0 Å². The van der Waals surface area contributed by atoms with E-state index >= 15 is 0 Å². The molecule has 0 aliphatic heterocycles. The van der Waals surface area contributed by atoms with Crippen LogP contribution in [-0.2, 0) is 0 Å². The molecule has 10 heavy (non-hydrogen) atoms. The summed E-state index contributed by atoms with van der Waals surface area (Å²) in [6.07, 6.45) is 0. The van der Waals surface area contributed by atoms with Gasteiger partial charge in [-0.25, -0.2) is 0 Å². The molecule has 0 saturated heterocycles. The molecule has 0 rings (SSSR count). The third kappa shape index (κ3) is 2430. The quantitative estimate of drug-likeness (QED) is 0.455. The Morgan fingerprint density at radius 3 is 0.500 bits per heavy atom. The Balaban J connectivity index is -0.0000000257. The van der Waals surface area contributed by atoms with E-state index in [0.29, 0.717) is 0 Å². The molecule has 3 nitrogen and oxygen atoms in total. The van der Waals surface area contributed by atoms with Crippen LogP contribution < -0.4 is 16.0 Å². The maximum Gasteiger partial charge on any atom is 3.00 e. The SMILES string of the molecule is CNC.CNC.CNC.[As+3]. The average Bonchev–Trinajstić information content (AvgIpc) is 1.70. The fourth-order valence-corrected chi connectivity index (χ4v) is 0. The molecule has 0 aromatic rings. The van der Waals surface area contributed by atoms with Gasteiger partial charge in [-0.05, 0) is 42.3 Å². The van der Waals surface area contributed by atoms with Gasteiger partial charge in [0.05, 0.1) is 0 Å². The summed E-state index contributed by atoms with van der Waals surface area (Å²) in [7, 11) is 11.2. The van der Waals surface area contributed by atoms with Crippen LogP contribution in [0.15, 0.2) is 0 Å². The van der Waals surface area contributed by atoms with Crippen molar-refractivity contribution in [3.63, 3.8) is 0 Å². The van der Waals surface area contributed by atoms with Gasteiger partial charge in [-0.15, -0.1) is 0 Å². The van der Waals surface area contributed by atoms with Gasteiger partial charge in [-0.2, -0.15) is 0 Å². The monoisotopic (exact) mass is 210 g/mol. The van der Waals surface area contributed by atoms with Crippen molar-refractivity contribution >= 4 is 18.0 Å². The molecule has 0 fully saturated rings. The van der Waals surface area contributed by atoms with Gasteiger partial charge in [-0.1, -0.05) is 0 Å². The second-order valence-corrected chi connectivity index (χ2v) is 1.50. The zero-order valence-electron chi connectivity index (χ0n) is 7.95. The van der Waals surface area contributed by atoms with E-state index < -0.39 is 0 Å². The number of hydrogen-bond donors (Lipinski definition) is 3. The van der Waals surface area contributed by atoms with Crippen molar-refractivity contribution in [2.75, 3.05) is 42.3 Å². The predicted octanol–water partition coefficient (Wildman–Crippen LogP) is -0.874. The van der Waals surface area contributed by atoms with Crippen LogP contribution in [0.1, 0.15) is 0 Å². The number of rotatable bonds is 0. The van der Waals surface area contributed by atoms with Gasteiger partial charge in [0.2, 0.25) is 0 Å². The maximum atomic E-state index is 2.75. The Morgan fingerprint density at radius 2 is 0.500 bits per heavy atom. The van der Waals surface area contributed by atoms with Crippen LogP contribution in [0.5, 0.6) is 0 Å². The molecule has 62 valence electrons. The Labute approximate surface area is 76.7 Å². The van der Waals surface area contributed by atoms with Crippen molar-refractivity contribution in [3.05, 3.63) is 0 Å². The number of hydrogen-bond acceptors (Lipinski definition) is 3. The van der Waals surface area contributed by atoms with Crippen LogP contribution in [0.2, 0.25) is 0 Å². The van der Waals surface area contributed by atoms with E-state index in [0.717, 1.165) is 0 Å². The smallest absolute Gasteiger partial charge is 0.323 e. The van der Waals surface area contributed by atoms with Gasteiger partial charge in [0.15, 0.2) is 0 Å². The second-order valence-electron chi connectivity index (χ2n) is 1.50. The van der Waals surface area contributed by atoms with E-state index in [1.165, 1.54) is 0 Å². The van der Waals surface area contributed by atoms with Gasteiger partial charge in [0.1, 0.15) is 0 Å². The Morgan fingerprint density at radius 1 is 0.500 bits per heavy atom. The van der Waals surface area contributed by atoms with E-state index in [2.05, 4.69) is 16.0 Å². The third-order valence-corrected chi connectivity index (χ3v) is 0. The molecule has 0 spiro atoms. The largest absolute Gasteiger partial charge is 3.00 e. The van der Waals surface area contributed by atoms with E-state index in [1.807, 2.05) is 42.3 Å². The molecule has 0 atom stereocenters. The van der Waals surface area contributed by atoms with E-state index in [9.17, 15) is 0 Å². The summed E-state index contributed by atoms with van der Waals surface area (Å²) in [4.78, 5) is 0. The molecule has 0 aromatic heterocycles. The molecule has 0 amide bonds. The fraction of sp³-hybridized carbons (Fsp3) is 1.00. The van der Waals surface area contributed by atoms with Gasteiger partial charge >= 0.3 is 18.0 Å². The van der Waals surface area contributed by atoms with Crippen molar-refractivity contribution in [1.82, 2.24) is 16.0 Å². The number of nitrogens with one attached hydrogen (secondary N) is 3. The summed E-state index contributed by atoms with van der Waals surface area (Å²) in [6, 6.07) is 0.